The Bertz CT molecular complexity index is 908. The summed E-state index contributed by atoms with van der Waals surface area (Å²) in [7, 11) is 0. The van der Waals surface area contributed by atoms with Gasteiger partial charge in [-0.15, -0.1) is 0 Å². The van der Waals surface area contributed by atoms with E-state index in [0.717, 1.165) is 6.42 Å². The van der Waals surface area contributed by atoms with Crippen LogP contribution in [0.15, 0.2) is 48.7 Å². The lowest BCUT2D eigenvalue weighted by Crippen LogP contribution is -2.35. The van der Waals surface area contributed by atoms with Gasteiger partial charge in [0.2, 0.25) is 0 Å². The van der Waals surface area contributed by atoms with Gasteiger partial charge in [0.1, 0.15) is 11.3 Å². The first kappa shape index (κ1) is 19.8. The summed E-state index contributed by atoms with van der Waals surface area (Å²) >= 11 is 0. The Morgan fingerprint density at radius 2 is 1.86 bits per heavy atom. The van der Waals surface area contributed by atoms with Gasteiger partial charge in [0, 0.05) is 19.3 Å². The first-order chi connectivity index (χ1) is 13.2. The fourth-order valence-electron chi connectivity index (χ4n) is 3.17. The Morgan fingerprint density at radius 3 is 2.43 bits per heavy atom. The highest BCUT2D eigenvalue weighted by molar-refractivity contribution is 5.94. The van der Waals surface area contributed by atoms with Gasteiger partial charge in [-0.3, -0.25) is 9.78 Å². The highest BCUT2D eigenvalue weighted by atomic mass is 16.6. The predicted octanol–water partition coefficient (Wildman–Crippen LogP) is 4.27. The van der Waals surface area contributed by atoms with E-state index in [9.17, 15) is 9.59 Å². The maximum absolute atomic E-state index is 12.7. The molecule has 1 aliphatic heterocycles. The molecule has 0 atom stereocenters. The van der Waals surface area contributed by atoms with Gasteiger partial charge in [0.15, 0.2) is 0 Å². The van der Waals surface area contributed by atoms with Crippen LogP contribution < -0.4 is 0 Å². The van der Waals surface area contributed by atoms with Crippen molar-refractivity contribution in [2.75, 3.05) is 13.1 Å². The standard InChI is InChI=1S/C23H26N2O3/c1-16-7-5-6-8-19(16)17-11-13-25(14-12-17)21(26)20-10-9-18(15-24-20)22(27)28-23(2,3)4/h5-11,15H,12-14H2,1-4H3. The van der Waals surface area contributed by atoms with Crippen LogP contribution in [-0.2, 0) is 4.74 Å². The summed E-state index contributed by atoms with van der Waals surface area (Å²) in [6, 6.07) is 11.5. The molecule has 0 bridgehead atoms. The van der Waals surface area contributed by atoms with Crippen molar-refractivity contribution in [3.63, 3.8) is 0 Å². The molecule has 28 heavy (non-hydrogen) atoms. The number of nitrogens with zero attached hydrogens (tertiary/aromatic N) is 2. The number of benzene rings is 1. The molecule has 0 fully saturated rings. The SMILES string of the molecule is Cc1ccccc1C1=CCN(C(=O)c2ccc(C(=O)OC(C)(C)C)cn2)CC1. The monoisotopic (exact) mass is 378 g/mol. The summed E-state index contributed by atoms with van der Waals surface area (Å²) in [4.78, 5) is 30.8. The summed E-state index contributed by atoms with van der Waals surface area (Å²) in [6.45, 7) is 8.73. The number of ether oxygens (including phenoxy) is 1. The summed E-state index contributed by atoms with van der Waals surface area (Å²) in [5.74, 6) is -0.571. The smallest absolute Gasteiger partial charge is 0.340 e. The van der Waals surface area contributed by atoms with Gasteiger partial charge in [-0.1, -0.05) is 30.3 Å². The lowest BCUT2D eigenvalue weighted by molar-refractivity contribution is 0.00687. The van der Waals surface area contributed by atoms with Crippen LogP contribution in [0, 0.1) is 6.92 Å². The average Bonchev–Trinajstić information content (AvgIpc) is 2.67. The molecule has 1 aromatic heterocycles. The largest absolute Gasteiger partial charge is 0.456 e. The van der Waals surface area contributed by atoms with Crippen molar-refractivity contribution in [2.24, 2.45) is 0 Å². The quantitative estimate of drug-likeness (QED) is 0.748. The second-order valence-electron chi connectivity index (χ2n) is 7.98. The van der Waals surface area contributed by atoms with Crippen molar-refractivity contribution in [3.05, 3.63) is 71.1 Å². The second kappa shape index (κ2) is 7.97. The van der Waals surface area contributed by atoms with Gasteiger partial charge in [0.25, 0.3) is 5.91 Å². The molecule has 1 aromatic carbocycles. The van der Waals surface area contributed by atoms with E-state index in [1.165, 1.54) is 22.9 Å². The van der Waals surface area contributed by atoms with Crippen molar-refractivity contribution < 1.29 is 14.3 Å². The molecule has 2 heterocycles. The highest BCUT2D eigenvalue weighted by Crippen LogP contribution is 2.25. The van der Waals surface area contributed by atoms with Crippen LogP contribution in [0.25, 0.3) is 5.57 Å². The number of hydrogen-bond acceptors (Lipinski definition) is 4. The lowest BCUT2D eigenvalue weighted by atomic mass is 9.95. The number of carbonyl (C=O) groups excluding carboxylic acids is 2. The zero-order valence-corrected chi connectivity index (χ0v) is 16.9. The molecule has 1 aliphatic rings. The normalized spacial score (nSPS) is 14.4. The number of aryl methyl sites for hydroxylation is 1. The third kappa shape index (κ3) is 4.66. The van der Waals surface area contributed by atoms with E-state index < -0.39 is 11.6 Å². The lowest BCUT2D eigenvalue weighted by Gasteiger charge is -2.27. The topological polar surface area (TPSA) is 59.5 Å². The van der Waals surface area contributed by atoms with Gasteiger partial charge < -0.3 is 9.64 Å². The number of aromatic nitrogens is 1. The fraction of sp³-hybridized carbons (Fsp3) is 0.348. The molecule has 0 saturated heterocycles. The molecule has 0 spiro atoms. The number of carbonyl (C=O) groups is 2. The van der Waals surface area contributed by atoms with Crippen molar-refractivity contribution in [1.29, 1.82) is 0 Å². The van der Waals surface area contributed by atoms with Crippen LogP contribution in [0.5, 0.6) is 0 Å². The minimum atomic E-state index is -0.569. The Hall–Kier alpha value is -2.95. The molecule has 1 amide bonds. The zero-order chi connectivity index (χ0) is 20.3. The molecule has 146 valence electrons. The Balaban J connectivity index is 1.67. The number of hydrogen-bond donors (Lipinski definition) is 0. The summed E-state index contributed by atoms with van der Waals surface area (Å²) in [5.41, 5.74) is 3.87. The Kier molecular flexibility index (Phi) is 5.63. The number of pyridine rings is 1. The van der Waals surface area contributed by atoms with Crippen LogP contribution >= 0.6 is 0 Å². The maximum Gasteiger partial charge on any atom is 0.340 e. The van der Waals surface area contributed by atoms with E-state index in [1.807, 2.05) is 32.9 Å². The molecule has 5 heteroatoms. The Morgan fingerprint density at radius 1 is 1.11 bits per heavy atom. The van der Waals surface area contributed by atoms with Gasteiger partial charge in [-0.2, -0.15) is 0 Å². The summed E-state index contributed by atoms with van der Waals surface area (Å²) in [6.07, 6.45) is 4.32. The van der Waals surface area contributed by atoms with E-state index in [2.05, 4.69) is 30.1 Å². The van der Waals surface area contributed by atoms with Gasteiger partial charge in [-0.05, 0) is 62.9 Å². The zero-order valence-electron chi connectivity index (χ0n) is 16.9. The molecule has 0 unspecified atom stereocenters. The predicted molar refractivity (Wildman–Crippen MR) is 109 cm³/mol. The van der Waals surface area contributed by atoms with E-state index >= 15 is 0 Å². The molecule has 2 aromatic rings. The molecular weight excluding hydrogens is 352 g/mol. The first-order valence-corrected chi connectivity index (χ1v) is 9.48. The van der Waals surface area contributed by atoms with E-state index in [4.69, 9.17) is 4.74 Å². The average molecular weight is 378 g/mol. The maximum atomic E-state index is 12.7. The number of amides is 1. The van der Waals surface area contributed by atoms with Gasteiger partial charge >= 0.3 is 5.97 Å². The van der Waals surface area contributed by atoms with Crippen LogP contribution in [0.2, 0.25) is 0 Å². The third-order valence-electron chi connectivity index (χ3n) is 4.60. The van der Waals surface area contributed by atoms with E-state index in [-0.39, 0.29) is 5.91 Å². The van der Waals surface area contributed by atoms with Crippen molar-refractivity contribution >= 4 is 17.4 Å². The number of rotatable bonds is 3. The first-order valence-electron chi connectivity index (χ1n) is 9.48. The summed E-state index contributed by atoms with van der Waals surface area (Å²) < 4.78 is 5.32. The van der Waals surface area contributed by atoms with Crippen molar-refractivity contribution in [3.8, 4) is 0 Å². The molecule has 0 aliphatic carbocycles. The van der Waals surface area contributed by atoms with Crippen LogP contribution in [0.3, 0.4) is 0 Å². The third-order valence-corrected chi connectivity index (χ3v) is 4.60. The number of esters is 1. The van der Waals surface area contributed by atoms with Gasteiger partial charge in [-0.25, -0.2) is 4.79 Å². The van der Waals surface area contributed by atoms with Crippen LogP contribution in [0.1, 0.15) is 59.2 Å². The molecule has 3 rings (SSSR count). The van der Waals surface area contributed by atoms with Gasteiger partial charge in [0.05, 0.1) is 5.56 Å². The minimum absolute atomic E-state index is 0.129. The molecule has 0 N–H and O–H groups in total. The van der Waals surface area contributed by atoms with Crippen LogP contribution in [-0.4, -0.2) is 40.5 Å². The van der Waals surface area contributed by atoms with Crippen molar-refractivity contribution in [2.45, 2.75) is 39.7 Å². The molecular formula is C23H26N2O3. The molecule has 0 radical (unpaired) electrons. The minimum Gasteiger partial charge on any atom is -0.456 e. The molecule has 0 saturated carbocycles. The Labute approximate surface area is 166 Å². The van der Waals surface area contributed by atoms with Crippen LogP contribution in [0.4, 0.5) is 0 Å². The second-order valence-corrected chi connectivity index (χ2v) is 7.98. The fourth-order valence-corrected chi connectivity index (χ4v) is 3.17. The van der Waals surface area contributed by atoms with Crippen molar-refractivity contribution in [1.82, 2.24) is 9.88 Å². The highest BCUT2D eigenvalue weighted by Gasteiger charge is 2.22. The van der Waals surface area contributed by atoms with E-state index in [0.29, 0.717) is 24.3 Å². The molecule has 5 nitrogen and oxygen atoms in total. The summed E-state index contributed by atoms with van der Waals surface area (Å²) in [5, 5.41) is 0. The van der Waals surface area contributed by atoms with E-state index in [1.54, 1.807) is 17.0 Å².